The Morgan fingerprint density at radius 2 is 2.14 bits per heavy atom. The van der Waals surface area contributed by atoms with E-state index in [4.69, 9.17) is 9.84 Å². The average Bonchev–Trinajstić information content (AvgIpc) is 2.20. The lowest BCUT2D eigenvalue weighted by molar-refractivity contribution is 0.268. The molecule has 0 radical (unpaired) electrons. The van der Waals surface area contributed by atoms with Gasteiger partial charge in [0.2, 0.25) is 0 Å². The molecule has 0 saturated carbocycles. The molecule has 1 aromatic carbocycles. The number of halogens is 1. The Morgan fingerprint density at radius 1 is 1.50 bits per heavy atom. The third-order valence-corrected chi connectivity index (χ3v) is 2.76. The molecule has 0 amide bonds. The zero-order valence-corrected chi connectivity index (χ0v) is 9.71. The average molecular weight is 261 g/mol. The first-order valence-corrected chi connectivity index (χ1v) is 5.07. The van der Waals surface area contributed by atoms with E-state index >= 15 is 0 Å². The molecule has 78 valence electrons. The summed E-state index contributed by atoms with van der Waals surface area (Å²) in [5.74, 6) is 0.440. The van der Waals surface area contributed by atoms with Crippen LogP contribution in [-0.2, 0) is 0 Å². The zero-order valence-electron chi connectivity index (χ0n) is 8.12. The molecule has 4 heteroatoms. The van der Waals surface area contributed by atoms with Crippen molar-refractivity contribution in [3.63, 3.8) is 0 Å². The summed E-state index contributed by atoms with van der Waals surface area (Å²) in [7, 11) is 1.50. The molecule has 2 N–H and O–H groups in total. The first-order chi connectivity index (χ1) is 6.61. The maximum atomic E-state index is 9.67. The van der Waals surface area contributed by atoms with Crippen LogP contribution in [0.15, 0.2) is 16.6 Å². The Labute approximate surface area is 91.5 Å². The van der Waals surface area contributed by atoms with Gasteiger partial charge in [0, 0.05) is 18.1 Å². The quantitative estimate of drug-likeness (QED) is 0.877. The summed E-state index contributed by atoms with van der Waals surface area (Å²) < 4.78 is 5.68. The summed E-state index contributed by atoms with van der Waals surface area (Å²) in [5.41, 5.74) is 0.802. The molecule has 0 bridgehead atoms. The number of phenolic OH excluding ortho intramolecular Hbond substituents is 1. The van der Waals surface area contributed by atoms with E-state index in [1.807, 2.05) is 13.0 Å². The predicted octanol–water partition coefficient (Wildman–Crippen LogP) is 2.26. The summed E-state index contributed by atoms with van der Waals surface area (Å²) in [6.45, 7) is 1.89. The van der Waals surface area contributed by atoms with E-state index in [1.54, 1.807) is 6.07 Å². The highest BCUT2D eigenvalue weighted by Gasteiger charge is 2.16. The Kier molecular flexibility index (Phi) is 3.77. The molecule has 0 aliphatic heterocycles. The Balaban J connectivity index is 3.23. The van der Waals surface area contributed by atoms with Crippen molar-refractivity contribution in [2.24, 2.45) is 0 Å². The van der Waals surface area contributed by atoms with Crippen molar-refractivity contribution in [2.75, 3.05) is 13.7 Å². The van der Waals surface area contributed by atoms with Gasteiger partial charge in [0.15, 0.2) is 11.5 Å². The van der Waals surface area contributed by atoms with E-state index in [9.17, 15) is 5.11 Å². The summed E-state index contributed by atoms with van der Waals surface area (Å²) in [6.07, 6.45) is 0. The molecule has 1 unspecified atom stereocenters. The predicted molar refractivity (Wildman–Crippen MR) is 57.9 cm³/mol. The van der Waals surface area contributed by atoms with Crippen molar-refractivity contribution < 1.29 is 14.9 Å². The lowest BCUT2D eigenvalue weighted by Gasteiger charge is -2.15. The van der Waals surface area contributed by atoms with Crippen LogP contribution in [0.5, 0.6) is 11.5 Å². The number of benzene rings is 1. The zero-order chi connectivity index (χ0) is 10.7. The second-order valence-corrected chi connectivity index (χ2v) is 3.96. The molecule has 0 aliphatic carbocycles. The first kappa shape index (κ1) is 11.3. The number of ether oxygens (including phenoxy) is 1. The lowest BCUT2D eigenvalue weighted by atomic mass is 10.0. The fraction of sp³-hybridized carbons (Fsp3) is 0.400. The van der Waals surface area contributed by atoms with Crippen LogP contribution in [0, 0.1) is 0 Å². The second-order valence-electron chi connectivity index (χ2n) is 3.10. The van der Waals surface area contributed by atoms with E-state index in [0.717, 1.165) is 5.56 Å². The van der Waals surface area contributed by atoms with Gasteiger partial charge in [-0.2, -0.15) is 0 Å². The van der Waals surface area contributed by atoms with E-state index in [-0.39, 0.29) is 18.3 Å². The normalized spacial score (nSPS) is 12.6. The summed E-state index contributed by atoms with van der Waals surface area (Å²) in [6, 6.07) is 3.56. The van der Waals surface area contributed by atoms with Crippen LogP contribution in [-0.4, -0.2) is 23.9 Å². The van der Waals surface area contributed by atoms with E-state index < -0.39 is 0 Å². The summed E-state index contributed by atoms with van der Waals surface area (Å²) in [5, 5.41) is 18.7. The van der Waals surface area contributed by atoms with Crippen LogP contribution >= 0.6 is 15.9 Å². The van der Waals surface area contributed by atoms with Crippen LogP contribution in [0.25, 0.3) is 0 Å². The molecule has 0 fully saturated rings. The molecule has 0 spiro atoms. The van der Waals surface area contributed by atoms with Crippen molar-refractivity contribution in [3.05, 3.63) is 22.2 Å². The maximum absolute atomic E-state index is 9.67. The molecule has 1 aromatic rings. The van der Waals surface area contributed by atoms with Crippen LogP contribution in [0.4, 0.5) is 0 Å². The topological polar surface area (TPSA) is 49.7 Å². The molecule has 3 nitrogen and oxygen atoms in total. The van der Waals surface area contributed by atoms with Gasteiger partial charge in [-0.15, -0.1) is 0 Å². The molecule has 0 saturated heterocycles. The van der Waals surface area contributed by atoms with E-state index in [2.05, 4.69) is 15.9 Å². The van der Waals surface area contributed by atoms with Crippen molar-refractivity contribution in [1.29, 1.82) is 0 Å². The lowest BCUT2D eigenvalue weighted by Crippen LogP contribution is -2.02. The van der Waals surface area contributed by atoms with Gasteiger partial charge in [-0.05, 0) is 22.0 Å². The SMILES string of the molecule is COc1c(C(C)CO)ccc(Br)c1O. The fourth-order valence-corrected chi connectivity index (χ4v) is 1.58. The number of methoxy groups -OCH3 is 1. The smallest absolute Gasteiger partial charge is 0.172 e. The van der Waals surface area contributed by atoms with Gasteiger partial charge in [-0.25, -0.2) is 0 Å². The molecule has 1 atom stereocenters. The van der Waals surface area contributed by atoms with Crippen molar-refractivity contribution in [1.82, 2.24) is 0 Å². The maximum Gasteiger partial charge on any atom is 0.172 e. The number of hydrogen-bond donors (Lipinski definition) is 2. The molecule has 14 heavy (non-hydrogen) atoms. The van der Waals surface area contributed by atoms with Crippen LogP contribution in [0.1, 0.15) is 18.4 Å². The number of aliphatic hydroxyl groups is 1. The van der Waals surface area contributed by atoms with E-state index in [0.29, 0.717) is 10.2 Å². The highest BCUT2D eigenvalue weighted by Crippen LogP contribution is 2.39. The molecule has 0 aliphatic rings. The van der Waals surface area contributed by atoms with Crippen LogP contribution in [0.2, 0.25) is 0 Å². The third kappa shape index (κ3) is 2.01. The Hall–Kier alpha value is -0.740. The third-order valence-electron chi connectivity index (χ3n) is 2.12. The van der Waals surface area contributed by atoms with Crippen LogP contribution < -0.4 is 4.74 Å². The molecular weight excluding hydrogens is 248 g/mol. The van der Waals surface area contributed by atoms with Gasteiger partial charge in [-0.1, -0.05) is 13.0 Å². The number of aromatic hydroxyl groups is 1. The standard InChI is InChI=1S/C10H13BrO3/c1-6(5-12)7-3-4-8(11)9(13)10(7)14-2/h3-4,6,12-13H,5H2,1-2H3. The van der Waals surface area contributed by atoms with Gasteiger partial charge in [0.25, 0.3) is 0 Å². The minimum atomic E-state index is -0.0519. The van der Waals surface area contributed by atoms with E-state index in [1.165, 1.54) is 7.11 Å². The highest BCUT2D eigenvalue weighted by atomic mass is 79.9. The number of aliphatic hydroxyl groups excluding tert-OH is 1. The molecular formula is C10H13BrO3. The fourth-order valence-electron chi connectivity index (χ4n) is 1.26. The summed E-state index contributed by atoms with van der Waals surface area (Å²) in [4.78, 5) is 0. The van der Waals surface area contributed by atoms with Gasteiger partial charge in [-0.3, -0.25) is 0 Å². The molecule has 1 rings (SSSR count). The first-order valence-electron chi connectivity index (χ1n) is 4.28. The highest BCUT2D eigenvalue weighted by molar-refractivity contribution is 9.10. The van der Waals surface area contributed by atoms with Gasteiger partial charge in [0.05, 0.1) is 11.6 Å². The van der Waals surface area contributed by atoms with Crippen molar-refractivity contribution >= 4 is 15.9 Å². The number of phenols is 1. The van der Waals surface area contributed by atoms with Gasteiger partial charge in [0.1, 0.15) is 0 Å². The molecule has 0 aromatic heterocycles. The van der Waals surface area contributed by atoms with Crippen molar-refractivity contribution in [3.8, 4) is 11.5 Å². The monoisotopic (exact) mass is 260 g/mol. The Morgan fingerprint density at radius 3 is 2.64 bits per heavy atom. The minimum Gasteiger partial charge on any atom is -0.503 e. The Bertz CT molecular complexity index is 325. The second kappa shape index (κ2) is 4.66. The number of hydrogen-bond acceptors (Lipinski definition) is 3. The van der Waals surface area contributed by atoms with Crippen LogP contribution in [0.3, 0.4) is 0 Å². The largest absolute Gasteiger partial charge is 0.503 e. The van der Waals surface area contributed by atoms with Gasteiger partial charge < -0.3 is 14.9 Å². The minimum absolute atomic E-state index is 0.0252. The van der Waals surface area contributed by atoms with Crippen molar-refractivity contribution in [2.45, 2.75) is 12.8 Å². The van der Waals surface area contributed by atoms with Gasteiger partial charge >= 0.3 is 0 Å². The summed E-state index contributed by atoms with van der Waals surface area (Å²) >= 11 is 3.20. The number of rotatable bonds is 3. The molecule has 0 heterocycles.